The lowest BCUT2D eigenvalue weighted by Gasteiger charge is -2.41. The molecule has 2 fully saturated rings. The summed E-state index contributed by atoms with van der Waals surface area (Å²) in [5.41, 5.74) is 0.406. The molecule has 0 aromatic heterocycles. The Balaban J connectivity index is 1.40. The Kier molecular flexibility index (Phi) is 8.07. The van der Waals surface area contributed by atoms with Gasteiger partial charge in [0, 0.05) is 18.8 Å². The molecule has 4 aliphatic heterocycles. The van der Waals surface area contributed by atoms with Gasteiger partial charge in [0.2, 0.25) is 11.8 Å². The first-order valence-corrected chi connectivity index (χ1v) is 16.6. The maximum Gasteiger partial charge on any atom is 0.253 e. The highest BCUT2D eigenvalue weighted by Crippen LogP contribution is 2.59. The van der Waals surface area contributed by atoms with Crippen molar-refractivity contribution in [3.05, 3.63) is 119 Å². The molecule has 3 amide bonds. The van der Waals surface area contributed by atoms with Crippen molar-refractivity contribution in [2.45, 2.75) is 50.0 Å². The Morgan fingerprint density at radius 3 is 2.21 bits per heavy atom. The summed E-state index contributed by atoms with van der Waals surface area (Å²) in [4.78, 5) is 49.8. The molecule has 9 heteroatoms. The molecule has 4 aliphatic rings. The molecule has 0 radical (unpaired) electrons. The van der Waals surface area contributed by atoms with Crippen molar-refractivity contribution in [1.82, 2.24) is 4.90 Å². The maximum absolute atomic E-state index is 15.1. The Hall–Kier alpha value is -4.24. The fourth-order valence-electron chi connectivity index (χ4n) is 8.24. The minimum absolute atomic E-state index is 0.200. The molecular weight excluding hydrogens is 614 g/mol. The van der Waals surface area contributed by atoms with Crippen molar-refractivity contribution < 1.29 is 24.2 Å². The summed E-state index contributed by atoms with van der Waals surface area (Å²) in [5.74, 6) is -2.89. The number of benzene rings is 3. The summed E-state index contributed by atoms with van der Waals surface area (Å²) >= 11 is 6.72. The number of ether oxygens (including phenoxy) is 1. The Labute approximate surface area is 279 Å². The van der Waals surface area contributed by atoms with E-state index in [2.05, 4.69) is 0 Å². The van der Waals surface area contributed by atoms with E-state index in [0.29, 0.717) is 30.1 Å². The van der Waals surface area contributed by atoms with E-state index in [0.717, 1.165) is 16.8 Å². The lowest BCUT2D eigenvalue weighted by Crippen LogP contribution is -2.59. The standard InChI is InChI=1S/C38H38ClN3O5/c1-3-37-19-11-21-40(27-16-8-5-9-17-27)34(44)30(37)31-35(45)42(28(24-43)23-26-14-6-4-7-15-26)33-36(46)41(22-12-20-38(31,33)47-37)32-25(2)13-10-18-29(32)39/h4-20,28,30-31,33,43H,3,21-24H2,1-2H3/t28-,30+,31+,33?,37-,38+/m1/s1. The third-order valence-electron chi connectivity index (χ3n) is 10.3. The first kappa shape index (κ1) is 31.4. The first-order chi connectivity index (χ1) is 22.8. The second kappa shape index (κ2) is 12.1. The number of nitrogens with zero attached hydrogens (tertiary/aromatic N) is 3. The predicted molar refractivity (Wildman–Crippen MR) is 181 cm³/mol. The Morgan fingerprint density at radius 1 is 0.851 bits per heavy atom. The second-order valence-electron chi connectivity index (χ2n) is 12.8. The van der Waals surface area contributed by atoms with Crippen molar-refractivity contribution in [3.8, 4) is 0 Å². The van der Waals surface area contributed by atoms with Gasteiger partial charge in [0.15, 0.2) is 0 Å². The zero-order valence-electron chi connectivity index (χ0n) is 26.5. The predicted octanol–water partition coefficient (Wildman–Crippen LogP) is 5.12. The van der Waals surface area contributed by atoms with Gasteiger partial charge in [-0.2, -0.15) is 0 Å². The van der Waals surface area contributed by atoms with Crippen LogP contribution in [0.2, 0.25) is 5.02 Å². The minimum atomic E-state index is -1.47. The van der Waals surface area contributed by atoms with Crippen LogP contribution in [0.15, 0.2) is 103 Å². The van der Waals surface area contributed by atoms with Crippen LogP contribution >= 0.6 is 11.6 Å². The summed E-state index contributed by atoms with van der Waals surface area (Å²) in [7, 11) is 0. The average molecular weight is 652 g/mol. The largest absolute Gasteiger partial charge is 0.394 e. The van der Waals surface area contributed by atoms with Gasteiger partial charge in [0.05, 0.1) is 40.8 Å². The number of rotatable bonds is 7. The highest BCUT2D eigenvalue weighted by atomic mass is 35.5. The SMILES string of the molecule is CC[C@@]12C=CCN(c3ccccc3)C(=O)[C@@H]1[C@H]1C(=O)N([C@@H](CO)Cc3ccccc3)C3C(=O)N(c4c(C)cccc4Cl)CC=C[C@@]31O2. The number of hydrogen-bond acceptors (Lipinski definition) is 5. The fraction of sp³-hybridized carbons (Fsp3) is 0.342. The molecule has 4 heterocycles. The number of aliphatic hydroxyl groups excluding tert-OH is 1. The van der Waals surface area contributed by atoms with Crippen molar-refractivity contribution in [3.63, 3.8) is 0 Å². The van der Waals surface area contributed by atoms with Crippen LogP contribution < -0.4 is 9.80 Å². The Bertz CT molecular complexity index is 1740. The minimum Gasteiger partial charge on any atom is -0.394 e. The number of hydrogen-bond donors (Lipinski definition) is 1. The number of fused-ring (bicyclic) bond motifs is 2. The maximum atomic E-state index is 15.1. The quantitative estimate of drug-likeness (QED) is 0.359. The summed E-state index contributed by atoms with van der Waals surface area (Å²) in [6.07, 6.45) is 8.28. The molecule has 47 heavy (non-hydrogen) atoms. The number of carbonyl (C=O) groups is 3. The molecule has 242 valence electrons. The van der Waals surface area contributed by atoms with Gasteiger partial charge in [0.1, 0.15) is 11.6 Å². The highest BCUT2D eigenvalue weighted by molar-refractivity contribution is 6.34. The highest BCUT2D eigenvalue weighted by Gasteiger charge is 2.76. The van der Waals surface area contributed by atoms with E-state index in [1.807, 2.05) is 111 Å². The fourth-order valence-corrected chi connectivity index (χ4v) is 8.56. The number of halogens is 1. The van der Waals surface area contributed by atoms with Gasteiger partial charge in [-0.15, -0.1) is 0 Å². The zero-order chi connectivity index (χ0) is 32.9. The van der Waals surface area contributed by atoms with Crippen LogP contribution in [0.3, 0.4) is 0 Å². The molecule has 1 unspecified atom stereocenters. The number of carbonyl (C=O) groups excluding carboxylic acids is 3. The van der Waals surface area contributed by atoms with Crippen LogP contribution in [0.5, 0.6) is 0 Å². The lowest BCUT2D eigenvalue weighted by molar-refractivity contribution is -0.149. The average Bonchev–Trinajstić information content (AvgIpc) is 3.38. The number of aliphatic hydroxyl groups is 1. The number of anilines is 2. The second-order valence-corrected chi connectivity index (χ2v) is 13.2. The number of likely N-dealkylation sites (tertiary alicyclic amines) is 1. The summed E-state index contributed by atoms with van der Waals surface area (Å²) in [6.45, 7) is 3.99. The van der Waals surface area contributed by atoms with Crippen LogP contribution in [-0.4, -0.2) is 70.7 Å². The van der Waals surface area contributed by atoms with Gasteiger partial charge in [0.25, 0.3) is 5.91 Å². The molecule has 3 aromatic carbocycles. The van der Waals surface area contributed by atoms with Crippen LogP contribution in [0.25, 0.3) is 0 Å². The van der Waals surface area contributed by atoms with Gasteiger partial charge in [-0.05, 0) is 49.1 Å². The third kappa shape index (κ3) is 4.84. The number of para-hydroxylation sites is 2. The van der Waals surface area contributed by atoms with Gasteiger partial charge in [-0.25, -0.2) is 0 Å². The van der Waals surface area contributed by atoms with E-state index < -0.39 is 35.1 Å². The molecule has 1 N–H and O–H groups in total. The molecule has 0 bridgehead atoms. The first-order valence-electron chi connectivity index (χ1n) is 16.2. The zero-order valence-corrected chi connectivity index (χ0v) is 27.2. The van der Waals surface area contributed by atoms with Gasteiger partial charge < -0.3 is 24.5 Å². The van der Waals surface area contributed by atoms with Crippen molar-refractivity contribution in [1.29, 1.82) is 0 Å². The summed E-state index contributed by atoms with van der Waals surface area (Å²) in [6, 6.07) is 22.5. The monoisotopic (exact) mass is 651 g/mol. The number of amides is 3. The van der Waals surface area contributed by atoms with Crippen molar-refractivity contribution in [2.75, 3.05) is 29.5 Å². The van der Waals surface area contributed by atoms with E-state index in [1.54, 1.807) is 15.9 Å². The molecule has 0 saturated carbocycles. The summed E-state index contributed by atoms with van der Waals surface area (Å²) < 4.78 is 7.15. The van der Waals surface area contributed by atoms with Gasteiger partial charge in [-0.1, -0.05) is 103 Å². The van der Waals surface area contributed by atoms with Crippen LogP contribution in [0, 0.1) is 18.8 Å². The van der Waals surface area contributed by atoms with Crippen molar-refractivity contribution >= 4 is 40.7 Å². The third-order valence-corrected chi connectivity index (χ3v) is 10.6. The van der Waals surface area contributed by atoms with E-state index in [9.17, 15) is 9.90 Å². The molecule has 7 rings (SSSR count). The van der Waals surface area contributed by atoms with Crippen molar-refractivity contribution in [2.24, 2.45) is 11.8 Å². The van der Waals surface area contributed by atoms with Crippen LogP contribution in [0.4, 0.5) is 11.4 Å². The van der Waals surface area contributed by atoms with Gasteiger partial charge in [-0.3, -0.25) is 14.4 Å². The molecule has 0 aliphatic carbocycles. The lowest BCUT2D eigenvalue weighted by atomic mass is 9.73. The van der Waals surface area contributed by atoms with E-state index in [1.165, 1.54) is 4.90 Å². The van der Waals surface area contributed by atoms with Crippen LogP contribution in [0.1, 0.15) is 24.5 Å². The van der Waals surface area contributed by atoms with E-state index >= 15 is 9.59 Å². The topological polar surface area (TPSA) is 90.4 Å². The normalized spacial score (nSPS) is 29.0. The number of aryl methyl sites for hydroxylation is 1. The molecule has 3 aromatic rings. The van der Waals surface area contributed by atoms with E-state index in [4.69, 9.17) is 16.3 Å². The van der Waals surface area contributed by atoms with Crippen LogP contribution in [-0.2, 0) is 25.5 Å². The molecule has 1 spiro atoms. The van der Waals surface area contributed by atoms with Gasteiger partial charge >= 0.3 is 0 Å². The summed E-state index contributed by atoms with van der Waals surface area (Å²) in [5, 5.41) is 11.3. The molecule has 2 saturated heterocycles. The smallest absolute Gasteiger partial charge is 0.253 e. The molecule has 6 atom stereocenters. The molecule has 8 nitrogen and oxygen atoms in total. The molecular formula is C38H38ClN3O5. The Morgan fingerprint density at radius 2 is 1.53 bits per heavy atom. The van der Waals surface area contributed by atoms with E-state index in [-0.39, 0.29) is 30.9 Å².